The Morgan fingerprint density at radius 3 is 2.00 bits per heavy atom. The van der Waals surface area contributed by atoms with Crippen molar-refractivity contribution in [1.29, 1.82) is 0 Å². The van der Waals surface area contributed by atoms with Crippen LogP contribution in [0.15, 0.2) is 30.3 Å². The Kier molecular flexibility index (Phi) is 10.2. The third kappa shape index (κ3) is 7.70. The number of benzene rings is 1. The molecule has 0 saturated heterocycles. The molecule has 8 nitrogen and oxygen atoms in total. The average Bonchev–Trinajstić information content (AvgIpc) is 2.74. The molecule has 1 aromatic carbocycles. The molecule has 0 heterocycles. The van der Waals surface area contributed by atoms with Crippen molar-refractivity contribution in [3.63, 3.8) is 0 Å². The molecule has 2 atom stereocenters. The number of nitrogens with zero attached hydrogens (tertiary/aromatic N) is 3. The number of rotatable bonds is 10. The summed E-state index contributed by atoms with van der Waals surface area (Å²) in [5.41, 5.74) is 0.891. The van der Waals surface area contributed by atoms with Crippen LogP contribution in [0, 0.1) is 5.92 Å². The predicted octanol–water partition coefficient (Wildman–Crippen LogP) is 1.58. The molecule has 0 saturated carbocycles. The Hall–Kier alpha value is -2.90. The topological polar surface area (TPSA) is 87.2 Å². The molecule has 172 valence electrons. The summed E-state index contributed by atoms with van der Waals surface area (Å²) in [6.45, 7) is 5.14. The number of carbonyl (C=O) groups excluding carboxylic acids is 4. The average molecular weight is 434 g/mol. The van der Waals surface area contributed by atoms with Gasteiger partial charge in [-0.3, -0.25) is 14.4 Å². The van der Waals surface area contributed by atoms with Crippen LogP contribution in [0.25, 0.3) is 0 Å². The van der Waals surface area contributed by atoms with Crippen LogP contribution >= 0.6 is 0 Å². The van der Waals surface area contributed by atoms with Crippen LogP contribution in [0.1, 0.15) is 32.8 Å². The first-order valence-electron chi connectivity index (χ1n) is 10.3. The summed E-state index contributed by atoms with van der Waals surface area (Å²) in [5, 5.41) is 0. The fourth-order valence-corrected chi connectivity index (χ4v) is 3.26. The second-order valence-electron chi connectivity index (χ2n) is 8.20. The first kappa shape index (κ1) is 26.1. The van der Waals surface area contributed by atoms with Crippen molar-refractivity contribution in [2.24, 2.45) is 5.92 Å². The van der Waals surface area contributed by atoms with Gasteiger partial charge >= 0.3 is 5.97 Å². The van der Waals surface area contributed by atoms with Crippen LogP contribution in [0.5, 0.6) is 0 Å². The first-order valence-corrected chi connectivity index (χ1v) is 10.3. The lowest BCUT2D eigenvalue weighted by Crippen LogP contribution is -2.52. The van der Waals surface area contributed by atoms with Gasteiger partial charge in [-0.2, -0.15) is 0 Å². The van der Waals surface area contributed by atoms with Gasteiger partial charge in [-0.05, 0) is 17.9 Å². The van der Waals surface area contributed by atoms with E-state index in [2.05, 4.69) is 0 Å². The highest BCUT2D eigenvalue weighted by molar-refractivity contribution is 5.91. The van der Waals surface area contributed by atoms with Crippen LogP contribution in [0.4, 0.5) is 0 Å². The van der Waals surface area contributed by atoms with Crippen LogP contribution in [-0.2, 0) is 30.3 Å². The van der Waals surface area contributed by atoms with Crippen molar-refractivity contribution in [3.05, 3.63) is 35.9 Å². The summed E-state index contributed by atoms with van der Waals surface area (Å²) < 4.78 is 4.89. The molecule has 0 radical (unpaired) electrons. The van der Waals surface area contributed by atoms with Gasteiger partial charge in [-0.25, -0.2) is 4.79 Å². The van der Waals surface area contributed by atoms with Gasteiger partial charge < -0.3 is 19.4 Å². The van der Waals surface area contributed by atoms with Gasteiger partial charge in [0.2, 0.25) is 17.7 Å². The molecule has 0 aromatic heterocycles. The Balaban J connectivity index is 2.94. The van der Waals surface area contributed by atoms with E-state index in [0.717, 1.165) is 5.56 Å². The number of carbonyl (C=O) groups is 4. The van der Waals surface area contributed by atoms with Crippen molar-refractivity contribution >= 4 is 23.7 Å². The Labute approximate surface area is 185 Å². The van der Waals surface area contributed by atoms with Crippen LogP contribution in [0.3, 0.4) is 0 Å². The number of esters is 1. The molecule has 8 heteroatoms. The summed E-state index contributed by atoms with van der Waals surface area (Å²) in [6, 6.07) is 7.88. The Bertz CT molecular complexity index is 766. The SMILES string of the molecule is COC(=O)[C@H](Cc1ccccc1)N(C)C(=O)CN(C)C(=O)[C@H](CC(C)C)N(C)C(C)=O. The molecular weight excluding hydrogens is 398 g/mol. The number of hydrogen-bond acceptors (Lipinski definition) is 5. The van der Waals surface area contributed by atoms with Gasteiger partial charge in [0, 0.05) is 34.5 Å². The Morgan fingerprint density at radius 1 is 0.935 bits per heavy atom. The van der Waals surface area contributed by atoms with E-state index in [9.17, 15) is 19.2 Å². The number of methoxy groups -OCH3 is 1. The standard InChI is InChI=1S/C23H35N3O5/c1-16(2)13-19(25(5)17(3)27)22(29)24(4)15-21(28)26(6)20(23(30)31-7)14-18-11-9-8-10-12-18/h8-12,16,19-20H,13-15H2,1-7H3/t19-,20-/m0/s1. The van der Waals surface area contributed by atoms with Gasteiger partial charge in [0.25, 0.3) is 0 Å². The highest BCUT2D eigenvalue weighted by atomic mass is 16.5. The third-order valence-electron chi connectivity index (χ3n) is 5.30. The van der Waals surface area contributed by atoms with E-state index in [-0.39, 0.29) is 24.3 Å². The number of hydrogen-bond donors (Lipinski definition) is 0. The minimum atomic E-state index is -0.810. The molecule has 0 aliphatic rings. The normalized spacial score (nSPS) is 12.6. The van der Waals surface area contributed by atoms with Crippen molar-refractivity contribution in [2.45, 2.75) is 45.7 Å². The number of likely N-dealkylation sites (N-methyl/N-ethyl adjacent to an activating group) is 3. The lowest BCUT2D eigenvalue weighted by atomic mass is 10.0. The van der Waals surface area contributed by atoms with Crippen LogP contribution < -0.4 is 0 Å². The molecule has 0 bridgehead atoms. The zero-order valence-electron chi connectivity index (χ0n) is 19.6. The monoisotopic (exact) mass is 433 g/mol. The molecule has 31 heavy (non-hydrogen) atoms. The summed E-state index contributed by atoms with van der Waals surface area (Å²) >= 11 is 0. The summed E-state index contributed by atoms with van der Waals surface area (Å²) in [7, 11) is 5.92. The first-order chi connectivity index (χ1) is 14.5. The van der Waals surface area contributed by atoms with E-state index >= 15 is 0 Å². The minimum absolute atomic E-state index is 0.192. The fourth-order valence-electron chi connectivity index (χ4n) is 3.26. The van der Waals surface area contributed by atoms with Crippen LogP contribution in [0.2, 0.25) is 0 Å². The van der Waals surface area contributed by atoms with E-state index in [4.69, 9.17) is 4.74 Å². The second kappa shape index (κ2) is 12.1. The lowest BCUT2D eigenvalue weighted by Gasteiger charge is -2.32. The molecule has 1 rings (SSSR count). The molecule has 1 aromatic rings. The van der Waals surface area contributed by atoms with E-state index in [0.29, 0.717) is 12.8 Å². The fraction of sp³-hybridized carbons (Fsp3) is 0.565. The molecule has 0 N–H and O–H groups in total. The maximum atomic E-state index is 13.0. The maximum Gasteiger partial charge on any atom is 0.328 e. The summed E-state index contributed by atoms with van der Waals surface area (Å²) in [6.07, 6.45) is 0.790. The zero-order chi connectivity index (χ0) is 23.7. The third-order valence-corrected chi connectivity index (χ3v) is 5.30. The van der Waals surface area contributed by atoms with Crippen molar-refractivity contribution in [1.82, 2.24) is 14.7 Å². The quantitative estimate of drug-likeness (QED) is 0.523. The van der Waals surface area contributed by atoms with Gasteiger partial charge in [-0.15, -0.1) is 0 Å². The smallest absolute Gasteiger partial charge is 0.328 e. The molecule has 3 amide bonds. The molecular formula is C23H35N3O5. The highest BCUT2D eigenvalue weighted by Crippen LogP contribution is 2.14. The van der Waals surface area contributed by atoms with Crippen molar-refractivity contribution in [3.8, 4) is 0 Å². The lowest BCUT2D eigenvalue weighted by molar-refractivity contribution is -0.153. The number of amides is 3. The van der Waals surface area contributed by atoms with E-state index in [1.807, 2.05) is 44.2 Å². The van der Waals surface area contributed by atoms with Gasteiger partial charge in [0.05, 0.1) is 13.7 Å². The van der Waals surface area contributed by atoms with Crippen LogP contribution in [-0.4, -0.2) is 85.3 Å². The predicted molar refractivity (Wildman–Crippen MR) is 118 cm³/mol. The van der Waals surface area contributed by atoms with Crippen molar-refractivity contribution in [2.75, 3.05) is 34.8 Å². The van der Waals surface area contributed by atoms with Gasteiger partial charge in [-0.1, -0.05) is 44.2 Å². The zero-order valence-corrected chi connectivity index (χ0v) is 19.6. The van der Waals surface area contributed by atoms with Crippen molar-refractivity contribution < 1.29 is 23.9 Å². The van der Waals surface area contributed by atoms with E-state index < -0.39 is 24.0 Å². The number of ether oxygens (including phenoxy) is 1. The maximum absolute atomic E-state index is 13.0. The van der Waals surface area contributed by atoms with Gasteiger partial charge in [0.15, 0.2) is 0 Å². The Morgan fingerprint density at radius 2 is 1.52 bits per heavy atom. The second-order valence-corrected chi connectivity index (χ2v) is 8.20. The molecule has 0 unspecified atom stereocenters. The molecule has 0 spiro atoms. The summed E-state index contributed by atoms with van der Waals surface area (Å²) in [4.78, 5) is 54.1. The molecule has 0 fully saturated rings. The van der Waals surface area contributed by atoms with E-state index in [1.165, 1.54) is 42.8 Å². The van der Waals surface area contributed by atoms with Gasteiger partial charge in [0.1, 0.15) is 12.1 Å². The van der Waals surface area contributed by atoms with E-state index in [1.54, 1.807) is 7.05 Å². The minimum Gasteiger partial charge on any atom is -0.467 e. The summed E-state index contributed by atoms with van der Waals surface area (Å²) in [5.74, 6) is -1.26. The molecule has 0 aliphatic heterocycles. The highest BCUT2D eigenvalue weighted by Gasteiger charge is 2.32. The molecule has 0 aliphatic carbocycles. The largest absolute Gasteiger partial charge is 0.467 e.